The van der Waals surface area contributed by atoms with E-state index in [1.165, 1.54) is 6.08 Å². The van der Waals surface area contributed by atoms with Gasteiger partial charge in [0.2, 0.25) is 0 Å². The molecular weight excluding hydrogens is 204 g/mol. The Morgan fingerprint density at radius 3 is 2.75 bits per heavy atom. The number of esters is 1. The fourth-order valence-electron chi connectivity index (χ4n) is 1.29. The fraction of sp³-hybridized carbons (Fsp3) is 0.308. The molecule has 0 radical (unpaired) electrons. The van der Waals surface area contributed by atoms with Crippen molar-refractivity contribution in [1.29, 1.82) is 0 Å². The summed E-state index contributed by atoms with van der Waals surface area (Å²) >= 11 is 0. The van der Waals surface area contributed by atoms with Gasteiger partial charge < -0.3 is 9.84 Å². The molecule has 0 heterocycles. The Balaban J connectivity index is 2.41. The quantitative estimate of drug-likeness (QED) is 0.611. The number of hydrogen-bond acceptors (Lipinski definition) is 3. The van der Waals surface area contributed by atoms with Crippen molar-refractivity contribution in [2.24, 2.45) is 0 Å². The van der Waals surface area contributed by atoms with Crippen molar-refractivity contribution in [2.75, 3.05) is 6.61 Å². The summed E-state index contributed by atoms with van der Waals surface area (Å²) in [5.41, 5.74) is 0.844. The van der Waals surface area contributed by atoms with Crippen LogP contribution in [-0.4, -0.2) is 17.7 Å². The van der Waals surface area contributed by atoms with Crippen LogP contribution in [0.1, 0.15) is 25.0 Å². The number of benzene rings is 1. The molecule has 3 nitrogen and oxygen atoms in total. The summed E-state index contributed by atoms with van der Waals surface area (Å²) in [6, 6.07) is 9.33. The minimum Gasteiger partial charge on any atom is -0.463 e. The standard InChI is InChI=1S/C13H16O3/c1-2-16-13(15)10-6-9-12(14)11-7-4-3-5-8-11/h3-8,10,12,14H,2,9H2,1H3/b10-6+/t12-/m0/s1. The maximum atomic E-state index is 11.0. The van der Waals surface area contributed by atoms with Crippen LogP contribution < -0.4 is 0 Å². The molecule has 0 amide bonds. The fourth-order valence-corrected chi connectivity index (χ4v) is 1.29. The van der Waals surface area contributed by atoms with E-state index in [4.69, 9.17) is 4.74 Å². The molecule has 0 aromatic heterocycles. The van der Waals surface area contributed by atoms with Crippen molar-refractivity contribution in [1.82, 2.24) is 0 Å². The van der Waals surface area contributed by atoms with Crippen LogP contribution in [0.15, 0.2) is 42.5 Å². The van der Waals surface area contributed by atoms with E-state index < -0.39 is 6.10 Å². The van der Waals surface area contributed by atoms with Crippen molar-refractivity contribution in [3.63, 3.8) is 0 Å². The Bertz CT molecular complexity index is 343. The largest absolute Gasteiger partial charge is 0.463 e. The second-order valence-electron chi connectivity index (χ2n) is 3.32. The van der Waals surface area contributed by atoms with Crippen LogP contribution in [0.25, 0.3) is 0 Å². The summed E-state index contributed by atoms with van der Waals surface area (Å²) in [4.78, 5) is 11.0. The Hall–Kier alpha value is -1.61. The third kappa shape index (κ3) is 4.28. The molecule has 0 saturated heterocycles. The number of rotatable bonds is 5. The molecule has 1 atom stereocenters. The Labute approximate surface area is 95.4 Å². The highest BCUT2D eigenvalue weighted by Gasteiger charge is 2.04. The Kier molecular flexibility index (Phi) is 5.29. The maximum absolute atomic E-state index is 11.0. The molecule has 16 heavy (non-hydrogen) atoms. The van der Waals surface area contributed by atoms with Crippen molar-refractivity contribution in [2.45, 2.75) is 19.4 Å². The molecule has 0 unspecified atom stereocenters. The molecule has 1 aromatic carbocycles. The smallest absolute Gasteiger partial charge is 0.330 e. The number of carbonyl (C=O) groups is 1. The van der Waals surface area contributed by atoms with Gasteiger partial charge in [-0.1, -0.05) is 36.4 Å². The van der Waals surface area contributed by atoms with E-state index >= 15 is 0 Å². The first-order chi connectivity index (χ1) is 7.74. The summed E-state index contributed by atoms with van der Waals surface area (Å²) in [5.74, 6) is -0.372. The molecule has 0 bridgehead atoms. The first kappa shape index (κ1) is 12.5. The van der Waals surface area contributed by atoms with Crippen LogP contribution in [0.4, 0.5) is 0 Å². The average molecular weight is 220 g/mol. The molecule has 1 N–H and O–H groups in total. The van der Waals surface area contributed by atoms with Crippen LogP contribution >= 0.6 is 0 Å². The summed E-state index contributed by atoms with van der Waals surface area (Å²) in [6.45, 7) is 2.12. The first-order valence-electron chi connectivity index (χ1n) is 5.30. The van der Waals surface area contributed by atoms with Crippen molar-refractivity contribution in [3.8, 4) is 0 Å². The number of ether oxygens (including phenoxy) is 1. The zero-order valence-electron chi connectivity index (χ0n) is 9.30. The van der Waals surface area contributed by atoms with Gasteiger partial charge in [0.25, 0.3) is 0 Å². The molecule has 0 spiro atoms. The van der Waals surface area contributed by atoms with Gasteiger partial charge >= 0.3 is 5.97 Å². The molecule has 1 rings (SSSR count). The van der Waals surface area contributed by atoms with E-state index in [0.717, 1.165) is 5.56 Å². The highest BCUT2D eigenvalue weighted by atomic mass is 16.5. The normalized spacial score (nSPS) is 12.6. The van der Waals surface area contributed by atoms with Crippen molar-refractivity contribution < 1.29 is 14.6 Å². The minimum absolute atomic E-state index is 0.365. The lowest BCUT2D eigenvalue weighted by atomic mass is 10.1. The van der Waals surface area contributed by atoms with E-state index in [0.29, 0.717) is 13.0 Å². The second kappa shape index (κ2) is 6.80. The topological polar surface area (TPSA) is 46.5 Å². The second-order valence-corrected chi connectivity index (χ2v) is 3.32. The summed E-state index contributed by atoms with van der Waals surface area (Å²) in [6.07, 6.45) is 2.79. The van der Waals surface area contributed by atoms with Gasteiger partial charge in [-0.05, 0) is 18.9 Å². The SMILES string of the molecule is CCOC(=O)/C=C/C[C@H](O)c1ccccc1. The molecule has 0 aliphatic carbocycles. The number of aliphatic hydroxyl groups excluding tert-OH is 1. The Morgan fingerprint density at radius 2 is 2.12 bits per heavy atom. The highest BCUT2D eigenvalue weighted by molar-refractivity contribution is 5.81. The Morgan fingerprint density at radius 1 is 1.44 bits per heavy atom. The van der Waals surface area contributed by atoms with Crippen LogP contribution in [0.2, 0.25) is 0 Å². The van der Waals surface area contributed by atoms with E-state index in [-0.39, 0.29) is 5.97 Å². The molecule has 0 aliphatic heterocycles. The van der Waals surface area contributed by atoms with Crippen LogP contribution in [0.3, 0.4) is 0 Å². The van der Waals surface area contributed by atoms with Gasteiger partial charge in [0.05, 0.1) is 12.7 Å². The van der Waals surface area contributed by atoms with E-state index in [9.17, 15) is 9.90 Å². The molecule has 86 valence electrons. The van der Waals surface area contributed by atoms with Gasteiger partial charge in [-0.2, -0.15) is 0 Å². The molecule has 0 aliphatic rings. The molecule has 1 aromatic rings. The lowest BCUT2D eigenvalue weighted by Crippen LogP contribution is -2.00. The lowest BCUT2D eigenvalue weighted by molar-refractivity contribution is -0.137. The van der Waals surface area contributed by atoms with E-state index in [2.05, 4.69) is 0 Å². The third-order valence-electron chi connectivity index (χ3n) is 2.08. The minimum atomic E-state index is -0.577. The van der Waals surface area contributed by atoms with E-state index in [1.54, 1.807) is 13.0 Å². The van der Waals surface area contributed by atoms with E-state index in [1.807, 2.05) is 30.3 Å². The monoisotopic (exact) mass is 220 g/mol. The predicted molar refractivity (Wildman–Crippen MR) is 61.8 cm³/mol. The average Bonchev–Trinajstić information content (AvgIpc) is 2.30. The molecule has 0 fully saturated rings. The maximum Gasteiger partial charge on any atom is 0.330 e. The molecule has 3 heteroatoms. The van der Waals surface area contributed by atoms with Gasteiger partial charge in [-0.25, -0.2) is 4.79 Å². The van der Waals surface area contributed by atoms with Crippen LogP contribution in [-0.2, 0) is 9.53 Å². The van der Waals surface area contributed by atoms with Crippen molar-refractivity contribution >= 4 is 5.97 Å². The first-order valence-corrected chi connectivity index (χ1v) is 5.30. The van der Waals surface area contributed by atoms with Gasteiger partial charge in [0, 0.05) is 6.08 Å². The van der Waals surface area contributed by atoms with Gasteiger partial charge in [-0.3, -0.25) is 0 Å². The zero-order chi connectivity index (χ0) is 11.8. The summed E-state index contributed by atoms with van der Waals surface area (Å²) in [5, 5.41) is 9.76. The summed E-state index contributed by atoms with van der Waals surface area (Å²) < 4.78 is 4.72. The van der Waals surface area contributed by atoms with Gasteiger partial charge in [0.1, 0.15) is 0 Å². The van der Waals surface area contributed by atoms with Crippen LogP contribution in [0.5, 0.6) is 0 Å². The molecular formula is C13H16O3. The summed E-state index contributed by atoms with van der Waals surface area (Å²) in [7, 11) is 0. The number of hydrogen-bond donors (Lipinski definition) is 1. The zero-order valence-corrected chi connectivity index (χ0v) is 9.30. The number of carbonyl (C=O) groups excluding carboxylic acids is 1. The van der Waals surface area contributed by atoms with Crippen molar-refractivity contribution in [3.05, 3.63) is 48.0 Å². The van der Waals surface area contributed by atoms with Gasteiger partial charge in [-0.15, -0.1) is 0 Å². The van der Waals surface area contributed by atoms with Gasteiger partial charge in [0.15, 0.2) is 0 Å². The predicted octanol–water partition coefficient (Wildman–Crippen LogP) is 2.23. The number of aliphatic hydroxyl groups is 1. The molecule has 0 saturated carbocycles. The lowest BCUT2D eigenvalue weighted by Gasteiger charge is -2.07. The third-order valence-corrected chi connectivity index (χ3v) is 2.08. The highest BCUT2D eigenvalue weighted by Crippen LogP contribution is 2.15. The van der Waals surface area contributed by atoms with Crippen LogP contribution in [0, 0.1) is 0 Å².